The van der Waals surface area contributed by atoms with Gasteiger partial charge in [0.25, 0.3) is 0 Å². The van der Waals surface area contributed by atoms with Crippen LogP contribution >= 0.6 is 11.6 Å². The molecule has 2 aromatic rings. The Bertz CT molecular complexity index is 418. The topological polar surface area (TPSA) is 76.7 Å². The molecule has 6 nitrogen and oxygen atoms in total. The second-order valence-corrected chi connectivity index (χ2v) is 2.97. The number of halogens is 1. The van der Waals surface area contributed by atoms with Gasteiger partial charge in [0.1, 0.15) is 5.88 Å². The van der Waals surface area contributed by atoms with Crippen LogP contribution in [0.15, 0.2) is 22.7 Å². The Morgan fingerprint density at radius 1 is 1.33 bits per heavy atom. The van der Waals surface area contributed by atoms with Gasteiger partial charge < -0.3 is 9.73 Å². The maximum Gasteiger partial charge on any atom is 0.315 e. The first-order valence-electron chi connectivity index (χ1n) is 4.27. The van der Waals surface area contributed by atoms with Gasteiger partial charge in [0, 0.05) is 6.20 Å². The Morgan fingerprint density at radius 2 is 2.27 bits per heavy atom. The summed E-state index contributed by atoms with van der Waals surface area (Å²) in [5.74, 6) is 0.595. The van der Waals surface area contributed by atoms with Crippen LogP contribution in [0, 0.1) is 0 Å². The van der Waals surface area contributed by atoms with Gasteiger partial charge in [-0.1, -0.05) is 5.10 Å². The molecule has 2 aromatic heterocycles. The van der Waals surface area contributed by atoms with Gasteiger partial charge in [-0.05, 0) is 12.1 Å². The molecule has 2 rings (SSSR count). The molecule has 0 aliphatic carbocycles. The zero-order valence-electron chi connectivity index (χ0n) is 7.72. The summed E-state index contributed by atoms with van der Waals surface area (Å²) in [6.45, 7) is 0.484. The lowest BCUT2D eigenvalue weighted by Gasteiger charge is -1.98. The third kappa shape index (κ3) is 2.63. The zero-order chi connectivity index (χ0) is 10.5. The lowest BCUT2D eigenvalue weighted by molar-refractivity contribution is 0.525. The third-order valence-corrected chi connectivity index (χ3v) is 1.86. The molecule has 15 heavy (non-hydrogen) atoms. The molecular formula is C8H8ClN5O. The average Bonchev–Trinajstić information content (AvgIpc) is 2.76. The van der Waals surface area contributed by atoms with Crippen molar-refractivity contribution >= 4 is 17.6 Å². The molecule has 0 amide bonds. The predicted octanol–water partition coefficient (Wildman–Crippen LogP) is 1.21. The maximum atomic E-state index is 5.51. The van der Waals surface area contributed by atoms with E-state index in [1.165, 1.54) is 0 Å². The van der Waals surface area contributed by atoms with Crippen LogP contribution in [0.25, 0.3) is 0 Å². The summed E-state index contributed by atoms with van der Waals surface area (Å²) in [4.78, 5) is 0. The summed E-state index contributed by atoms with van der Waals surface area (Å²) in [6.07, 6.45) is 1.61. The lowest BCUT2D eigenvalue weighted by Crippen LogP contribution is -2.02. The molecule has 0 atom stereocenters. The van der Waals surface area contributed by atoms with Gasteiger partial charge in [-0.15, -0.1) is 16.7 Å². The number of rotatable bonds is 4. The molecule has 78 valence electrons. The van der Waals surface area contributed by atoms with E-state index in [0.29, 0.717) is 18.5 Å². The van der Waals surface area contributed by atoms with E-state index in [2.05, 4.69) is 25.7 Å². The molecule has 0 fully saturated rings. The first-order valence-corrected chi connectivity index (χ1v) is 4.81. The maximum absolute atomic E-state index is 5.51. The van der Waals surface area contributed by atoms with Crippen molar-refractivity contribution in [3.8, 4) is 0 Å². The highest BCUT2D eigenvalue weighted by Crippen LogP contribution is 2.08. The second-order valence-electron chi connectivity index (χ2n) is 2.70. The van der Waals surface area contributed by atoms with E-state index >= 15 is 0 Å². The largest absolute Gasteiger partial charge is 0.407 e. The monoisotopic (exact) mass is 225 g/mol. The van der Waals surface area contributed by atoms with Gasteiger partial charge >= 0.3 is 6.01 Å². The van der Waals surface area contributed by atoms with Crippen molar-refractivity contribution in [3.05, 3.63) is 29.9 Å². The van der Waals surface area contributed by atoms with Crippen LogP contribution in [0.4, 0.5) is 6.01 Å². The minimum atomic E-state index is 0.208. The van der Waals surface area contributed by atoms with E-state index in [9.17, 15) is 0 Å². The van der Waals surface area contributed by atoms with Crippen molar-refractivity contribution in [2.75, 3.05) is 5.32 Å². The summed E-state index contributed by atoms with van der Waals surface area (Å²) >= 11 is 5.51. The van der Waals surface area contributed by atoms with Crippen LogP contribution in [0.2, 0.25) is 0 Å². The Kier molecular flexibility index (Phi) is 3.08. The van der Waals surface area contributed by atoms with Crippen LogP contribution in [-0.4, -0.2) is 20.4 Å². The van der Waals surface area contributed by atoms with Crippen molar-refractivity contribution in [3.63, 3.8) is 0 Å². The highest BCUT2D eigenvalue weighted by molar-refractivity contribution is 6.16. The van der Waals surface area contributed by atoms with Crippen LogP contribution in [0.3, 0.4) is 0 Å². The number of hydrogen-bond donors (Lipinski definition) is 1. The molecule has 0 spiro atoms. The molecule has 0 unspecified atom stereocenters. The molecule has 1 N–H and O–H groups in total. The smallest absolute Gasteiger partial charge is 0.315 e. The number of nitrogens with zero attached hydrogens (tertiary/aromatic N) is 4. The van der Waals surface area contributed by atoms with Gasteiger partial charge in [0.2, 0.25) is 5.89 Å². The molecule has 0 bridgehead atoms. The molecule has 7 heteroatoms. The van der Waals surface area contributed by atoms with Crippen LogP contribution in [0.5, 0.6) is 0 Å². The fourth-order valence-corrected chi connectivity index (χ4v) is 1.08. The van der Waals surface area contributed by atoms with E-state index in [1.54, 1.807) is 6.20 Å². The third-order valence-electron chi connectivity index (χ3n) is 1.63. The number of alkyl halides is 1. The van der Waals surface area contributed by atoms with Crippen molar-refractivity contribution in [2.24, 2.45) is 0 Å². The van der Waals surface area contributed by atoms with Crippen molar-refractivity contribution < 1.29 is 4.42 Å². The quantitative estimate of drug-likeness (QED) is 0.789. The SMILES string of the molecule is ClCc1nnc(NCc2cccnn2)o1. The second kappa shape index (κ2) is 4.70. The molecule has 0 radical (unpaired) electrons. The van der Waals surface area contributed by atoms with E-state index in [-0.39, 0.29) is 5.88 Å². The van der Waals surface area contributed by atoms with E-state index in [4.69, 9.17) is 16.0 Å². The number of hydrogen-bond acceptors (Lipinski definition) is 6. The highest BCUT2D eigenvalue weighted by atomic mass is 35.5. The number of aromatic nitrogens is 4. The number of nitrogens with one attached hydrogen (secondary N) is 1. The van der Waals surface area contributed by atoms with Gasteiger partial charge in [0.05, 0.1) is 12.2 Å². The standard InChI is InChI=1S/C8H8ClN5O/c9-4-7-13-14-8(15-7)10-5-6-2-1-3-11-12-6/h1-3H,4-5H2,(H,10,14). The molecule has 0 saturated heterocycles. The van der Waals surface area contributed by atoms with E-state index in [1.807, 2.05) is 12.1 Å². The normalized spacial score (nSPS) is 10.2. The van der Waals surface area contributed by atoms with Gasteiger partial charge in [0.15, 0.2) is 0 Å². The highest BCUT2D eigenvalue weighted by Gasteiger charge is 2.03. The Morgan fingerprint density at radius 3 is 2.93 bits per heavy atom. The Balaban J connectivity index is 1.93. The van der Waals surface area contributed by atoms with Gasteiger partial charge in [-0.2, -0.15) is 10.2 Å². The predicted molar refractivity (Wildman–Crippen MR) is 53.2 cm³/mol. The zero-order valence-corrected chi connectivity index (χ0v) is 8.48. The molecule has 0 aliphatic rings. The Labute approximate surface area is 90.7 Å². The van der Waals surface area contributed by atoms with Crippen molar-refractivity contribution in [2.45, 2.75) is 12.4 Å². The molecule has 0 aliphatic heterocycles. The summed E-state index contributed by atoms with van der Waals surface area (Å²) in [7, 11) is 0. The minimum Gasteiger partial charge on any atom is -0.407 e. The average molecular weight is 226 g/mol. The van der Waals surface area contributed by atoms with Crippen molar-refractivity contribution in [1.82, 2.24) is 20.4 Å². The number of anilines is 1. The fourth-order valence-electron chi connectivity index (χ4n) is 0.973. The summed E-state index contributed by atoms with van der Waals surface area (Å²) in [6, 6.07) is 3.98. The van der Waals surface area contributed by atoms with Crippen molar-refractivity contribution in [1.29, 1.82) is 0 Å². The molecule has 2 heterocycles. The summed E-state index contributed by atoms with van der Waals surface area (Å²) < 4.78 is 5.14. The van der Waals surface area contributed by atoms with Crippen LogP contribution in [-0.2, 0) is 12.4 Å². The first-order chi connectivity index (χ1) is 7.38. The lowest BCUT2D eigenvalue weighted by atomic mass is 10.4. The van der Waals surface area contributed by atoms with Crippen LogP contribution < -0.4 is 5.32 Å². The summed E-state index contributed by atoms with van der Waals surface area (Å²) in [5.41, 5.74) is 0.795. The fraction of sp³-hybridized carbons (Fsp3) is 0.250. The summed E-state index contributed by atoms with van der Waals surface area (Å²) in [5, 5.41) is 18.0. The van der Waals surface area contributed by atoms with Gasteiger partial charge in [-0.25, -0.2) is 0 Å². The van der Waals surface area contributed by atoms with Crippen LogP contribution in [0.1, 0.15) is 11.6 Å². The molecular weight excluding hydrogens is 218 g/mol. The van der Waals surface area contributed by atoms with E-state index in [0.717, 1.165) is 5.69 Å². The molecule has 0 aromatic carbocycles. The van der Waals surface area contributed by atoms with Gasteiger partial charge in [-0.3, -0.25) is 0 Å². The first kappa shape index (κ1) is 9.85. The van der Waals surface area contributed by atoms with E-state index < -0.39 is 0 Å². The Hall–Kier alpha value is -1.69. The minimum absolute atomic E-state index is 0.208. The molecule has 0 saturated carbocycles.